The van der Waals surface area contributed by atoms with Gasteiger partial charge in [-0.25, -0.2) is 0 Å². The SMILES string of the molecule is CCc1nnc(CN(C)C[C@@H]2OCCN(C)[C@H]2c2ccccc2)n1C. The number of aromatic nitrogens is 3. The number of benzene rings is 1. The van der Waals surface area contributed by atoms with Crippen LogP contribution in [0.3, 0.4) is 0 Å². The maximum atomic E-state index is 6.15. The average Bonchev–Trinajstić information content (AvgIpc) is 2.95. The van der Waals surface area contributed by atoms with E-state index in [4.69, 9.17) is 4.74 Å². The zero-order valence-corrected chi connectivity index (χ0v) is 15.7. The van der Waals surface area contributed by atoms with Crippen molar-refractivity contribution in [3.63, 3.8) is 0 Å². The monoisotopic (exact) mass is 343 g/mol. The summed E-state index contributed by atoms with van der Waals surface area (Å²) >= 11 is 0. The van der Waals surface area contributed by atoms with E-state index in [1.54, 1.807) is 0 Å². The third-order valence-electron chi connectivity index (χ3n) is 5.02. The number of rotatable bonds is 6. The fourth-order valence-electron chi connectivity index (χ4n) is 3.59. The normalized spacial score (nSPS) is 21.8. The summed E-state index contributed by atoms with van der Waals surface area (Å²) in [5, 5.41) is 8.59. The summed E-state index contributed by atoms with van der Waals surface area (Å²) in [4.78, 5) is 4.68. The molecule has 1 aromatic heterocycles. The lowest BCUT2D eigenvalue weighted by atomic mass is 9.98. The Bertz CT molecular complexity index is 672. The summed E-state index contributed by atoms with van der Waals surface area (Å²) in [5.41, 5.74) is 1.31. The van der Waals surface area contributed by atoms with Gasteiger partial charge in [-0.3, -0.25) is 9.80 Å². The van der Waals surface area contributed by atoms with Gasteiger partial charge in [0, 0.05) is 26.6 Å². The van der Waals surface area contributed by atoms with E-state index < -0.39 is 0 Å². The number of nitrogens with zero attached hydrogens (tertiary/aromatic N) is 5. The van der Waals surface area contributed by atoms with Crippen molar-refractivity contribution in [2.75, 3.05) is 33.8 Å². The van der Waals surface area contributed by atoms with Gasteiger partial charge in [0.05, 0.1) is 25.3 Å². The molecule has 0 saturated carbocycles. The van der Waals surface area contributed by atoms with Crippen LogP contribution in [0.2, 0.25) is 0 Å². The van der Waals surface area contributed by atoms with Crippen molar-refractivity contribution >= 4 is 0 Å². The molecule has 1 aliphatic rings. The molecule has 6 heteroatoms. The minimum absolute atomic E-state index is 0.144. The van der Waals surface area contributed by atoms with Gasteiger partial charge < -0.3 is 9.30 Å². The number of morpholine rings is 1. The van der Waals surface area contributed by atoms with Crippen molar-refractivity contribution in [3.05, 3.63) is 47.5 Å². The molecule has 136 valence electrons. The molecule has 6 nitrogen and oxygen atoms in total. The number of aryl methyl sites for hydroxylation is 1. The molecule has 0 N–H and O–H groups in total. The highest BCUT2D eigenvalue weighted by Gasteiger charge is 2.32. The summed E-state index contributed by atoms with van der Waals surface area (Å²) in [6.07, 6.45) is 1.05. The molecule has 0 radical (unpaired) electrons. The van der Waals surface area contributed by atoms with Crippen LogP contribution in [0.4, 0.5) is 0 Å². The third-order valence-corrected chi connectivity index (χ3v) is 5.02. The molecule has 25 heavy (non-hydrogen) atoms. The highest BCUT2D eigenvalue weighted by Crippen LogP contribution is 2.28. The lowest BCUT2D eigenvalue weighted by molar-refractivity contribution is -0.0745. The molecule has 2 atom stereocenters. The predicted octanol–water partition coefficient (Wildman–Crippen LogP) is 1.88. The molecule has 1 aliphatic heterocycles. The molecular weight excluding hydrogens is 314 g/mol. The van der Waals surface area contributed by atoms with Crippen molar-refractivity contribution in [1.82, 2.24) is 24.6 Å². The van der Waals surface area contributed by atoms with Gasteiger partial charge in [0.1, 0.15) is 11.6 Å². The fourth-order valence-corrected chi connectivity index (χ4v) is 3.59. The van der Waals surface area contributed by atoms with Gasteiger partial charge in [-0.15, -0.1) is 10.2 Å². The van der Waals surface area contributed by atoms with E-state index in [2.05, 4.69) is 75.9 Å². The number of hydrogen-bond donors (Lipinski definition) is 0. The zero-order valence-electron chi connectivity index (χ0n) is 15.7. The Labute approximate surface area is 150 Å². The molecule has 0 unspecified atom stereocenters. The maximum absolute atomic E-state index is 6.15. The van der Waals surface area contributed by atoms with E-state index in [1.165, 1.54) is 5.56 Å². The lowest BCUT2D eigenvalue weighted by Crippen LogP contribution is -2.47. The van der Waals surface area contributed by atoms with Crippen LogP contribution in [0.25, 0.3) is 0 Å². The molecule has 0 bridgehead atoms. The Kier molecular flexibility index (Phi) is 5.83. The third kappa shape index (κ3) is 4.08. The molecule has 3 rings (SSSR count). The summed E-state index contributed by atoms with van der Waals surface area (Å²) < 4.78 is 8.25. The smallest absolute Gasteiger partial charge is 0.146 e. The molecule has 0 aliphatic carbocycles. The summed E-state index contributed by atoms with van der Waals surface area (Å²) in [7, 11) is 6.35. The molecule has 2 aromatic rings. The fraction of sp³-hybridized carbons (Fsp3) is 0.579. The van der Waals surface area contributed by atoms with E-state index in [0.29, 0.717) is 0 Å². The quantitative estimate of drug-likeness (QED) is 0.801. The van der Waals surface area contributed by atoms with Crippen molar-refractivity contribution in [2.45, 2.75) is 32.0 Å². The van der Waals surface area contributed by atoms with Gasteiger partial charge in [-0.2, -0.15) is 0 Å². The van der Waals surface area contributed by atoms with Crippen LogP contribution in [-0.4, -0.2) is 64.5 Å². The standard InChI is InChI=1S/C19H29N5O/c1-5-17-20-21-18(24(17)4)14-22(2)13-16-19(23(3)11-12-25-16)15-9-7-6-8-10-15/h6-10,16,19H,5,11-14H2,1-4H3/t16-,19-/m0/s1. The van der Waals surface area contributed by atoms with Crippen LogP contribution in [0.1, 0.15) is 30.2 Å². The first-order chi connectivity index (χ1) is 12.1. The molecular formula is C19H29N5O. The van der Waals surface area contributed by atoms with E-state index in [-0.39, 0.29) is 12.1 Å². The van der Waals surface area contributed by atoms with E-state index in [9.17, 15) is 0 Å². The Hall–Kier alpha value is -1.76. The Morgan fingerprint density at radius 3 is 2.56 bits per heavy atom. The van der Waals surface area contributed by atoms with Crippen LogP contribution < -0.4 is 0 Å². The highest BCUT2D eigenvalue weighted by molar-refractivity contribution is 5.21. The minimum atomic E-state index is 0.144. The molecule has 1 fully saturated rings. The molecule has 0 amide bonds. The van der Waals surface area contributed by atoms with Gasteiger partial charge in [-0.1, -0.05) is 37.3 Å². The lowest BCUT2D eigenvalue weighted by Gasteiger charge is -2.40. The number of hydrogen-bond acceptors (Lipinski definition) is 5. The summed E-state index contributed by atoms with van der Waals surface area (Å²) in [5.74, 6) is 2.03. The Morgan fingerprint density at radius 2 is 1.88 bits per heavy atom. The van der Waals surface area contributed by atoms with E-state index >= 15 is 0 Å². The number of likely N-dealkylation sites (N-methyl/N-ethyl adjacent to an activating group) is 2. The second kappa shape index (κ2) is 8.08. The zero-order chi connectivity index (χ0) is 17.8. The Morgan fingerprint density at radius 1 is 1.16 bits per heavy atom. The minimum Gasteiger partial charge on any atom is -0.374 e. The highest BCUT2D eigenvalue weighted by atomic mass is 16.5. The molecule has 1 aromatic carbocycles. The predicted molar refractivity (Wildman–Crippen MR) is 98.3 cm³/mol. The van der Waals surface area contributed by atoms with Crippen LogP contribution in [0.15, 0.2) is 30.3 Å². The van der Waals surface area contributed by atoms with Gasteiger partial charge in [0.2, 0.25) is 0 Å². The second-order valence-corrected chi connectivity index (χ2v) is 6.89. The van der Waals surface area contributed by atoms with E-state index in [1.807, 2.05) is 7.05 Å². The molecule has 0 spiro atoms. The van der Waals surface area contributed by atoms with Crippen LogP contribution in [0.5, 0.6) is 0 Å². The first-order valence-corrected chi connectivity index (χ1v) is 9.02. The van der Waals surface area contributed by atoms with Gasteiger partial charge in [0.25, 0.3) is 0 Å². The molecule has 1 saturated heterocycles. The topological polar surface area (TPSA) is 46.4 Å². The first-order valence-electron chi connectivity index (χ1n) is 9.02. The van der Waals surface area contributed by atoms with Crippen molar-refractivity contribution in [1.29, 1.82) is 0 Å². The van der Waals surface area contributed by atoms with Crippen molar-refractivity contribution in [3.8, 4) is 0 Å². The van der Waals surface area contributed by atoms with Crippen LogP contribution in [-0.2, 0) is 24.8 Å². The van der Waals surface area contributed by atoms with E-state index in [0.717, 1.165) is 44.3 Å². The second-order valence-electron chi connectivity index (χ2n) is 6.89. The molecule has 2 heterocycles. The van der Waals surface area contributed by atoms with Gasteiger partial charge in [0.15, 0.2) is 0 Å². The number of ether oxygens (including phenoxy) is 1. The van der Waals surface area contributed by atoms with Crippen molar-refractivity contribution in [2.24, 2.45) is 7.05 Å². The first kappa shape index (κ1) is 18.0. The van der Waals surface area contributed by atoms with Gasteiger partial charge in [-0.05, 0) is 19.7 Å². The van der Waals surface area contributed by atoms with Crippen LogP contribution in [0, 0.1) is 0 Å². The van der Waals surface area contributed by atoms with Gasteiger partial charge >= 0.3 is 0 Å². The Balaban J connectivity index is 1.69. The summed E-state index contributed by atoms with van der Waals surface area (Å²) in [6.45, 7) is 5.48. The maximum Gasteiger partial charge on any atom is 0.146 e. The largest absolute Gasteiger partial charge is 0.374 e. The average molecular weight is 343 g/mol. The van der Waals surface area contributed by atoms with Crippen molar-refractivity contribution < 1.29 is 4.74 Å². The summed E-state index contributed by atoms with van der Waals surface area (Å²) in [6, 6.07) is 10.9. The van der Waals surface area contributed by atoms with Crippen LogP contribution >= 0.6 is 0 Å².